The third-order valence-corrected chi connectivity index (χ3v) is 6.07. The molecule has 1 aromatic carbocycles. The van der Waals surface area contributed by atoms with E-state index in [4.69, 9.17) is 10.1 Å². The lowest BCUT2D eigenvalue weighted by Gasteiger charge is -2.29. The van der Waals surface area contributed by atoms with Gasteiger partial charge in [0.25, 0.3) is 10.1 Å². The Kier molecular flexibility index (Phi) is 7.98. The minimum atomic E-state index is -5.03. The molecular formula is C13H18F4N5O5S2+. The highest BCUT2D eigenvalue weighted by molar-refractivity contribution is 7.89. The fourth-order valence-electron chi connectivity index (χ4n) is 2.31. The maximum Gasteiger partial charge on any atom is 0.265 e. The van der Waals surface area contributed by atoms with Crippen molar-refractivity contribution in [1.82, 2.24) is 4.72 Å². The van der Waals surface area contributed by atoms with Crippen LogP contribution in [0.3, 0.4) is 0 Å². The van der Waals surface area contributed by atoms with Gasteiger partial charge in [-0.15, -0.1) is 0 Å². The van der Waals surface area contributed by atoms with Crippen LogP contribution in [0.4, 0.5) is 23.2 Å². The van der Waals surface area contributed by atoms with Gasteiger partial charge < -0.3 is 4.48 Å². The number of nitrogens with one attached hydrogen (secondary N) is 1. The first-order valence-electron chi connectivity index (χ1n) is 7.81. The van der Waals surface area contributed by atoms with Gasteiger partial charge in [-0.05, 0) is 5.53 Å². The number of sulfonamides is 1. The molecule has 0 atom stereocenters. The van der Waals surface area contributed by atoms with Gasteiger partial charge in [-0.3, -0.25) is 4.55 Å². The quantitative estimate of drug-likeness (QED) is 0.103. The van der Waals surface area contributed by atoms with Crippen molar-refractivity contribution < 1.29 is 43.4 Å². The van der Waals surface area contributed by atoms with Crippen LogP contribution >= 0.6 is 0 Å². The monoisotopic (exact) mass is 464 g/mol. The summed E-state index contributed by atoms with van der Waals surface area (Å²) < 4.78 is 112. The molecule has 0 aliphatic carbocycles. The Morgan fingerprint density at radius 2 is 1.55 bits per heavy atom. The van der Waals surface area contributed by atoms with Gasteiger partial charge in [-0.2, -0.15) is 8.42 Å². The second-order valence-corrected chi connectivity index (χ2v) is 9.82. The molecule has 0 bridgehead atoms. The summed E-state index contributed by atoms with van der Waals surface area (Å²) in [5, 5.41) is 2.46. The molecular weight excluding hydrogens is 446 g/mol. The maximum absolute atomic E-state index is 14.0. The standard InChI is InChI=1S/C13H17F4N5O5S2/c1-22(2,5-3-7-28(23,24)25)6-4-19-29(26,27)13-10(16)8(14)12(20-21-18)9(15)11(13)17/h19H,3-7H2,1-2H3/p+1. The molecule has 0 unspecified atom stereocenters. The summed E-state index contributed by atoms with van der Waals surface area (Å²) in [6.07, 6.45) is 0.0547. The average Bonchev–Trinajstić information content (AvgIpc) is 2.55. The van der Waals surface area contributed by atoms with Crippen LogP contribution in [-0.4, -0.2) is 65.4 Å². The molecule has 0 amide bonds. The summed E-state index contributed by atoms with van der Waals surface area (Å²) in [4.78, 5) is 0.107. The fourth-order valence-corrected chi connectivity index (χ4v) is 3.96. The summed E-state index contributed by atoms with van der Waals surface area (Å²) in [5.74, 6) is -9.33. The third-order valence-electron chi connectivity index (χ3n) is 3.79. The van der Waals surface area contributed by atoms with Gasteiger partial charge in [0.1, 0.15) is 5.69 Å². The van der Waals surface area contributed by atoms with Crippen LogP contribution in [0.15, 0.2) is 10.0 Å². The molecule has 29 heavy (non-hydrogen) atoms. The number of benzene rings is 1. The Morgan fingerprint density at radius 1 is 1.03 bits per heavy atom. The fraction of sp³-hybridized carbons (Fsp3) is 0.538. The van der Waals surface area contributed by atoms with Gasteiger partial charge in [0, 0.05) is 11.3 Å². The lowest BCUT2D eigenvalue weighted by molar-refractivity contribution is -0.889. The molecule has 0 saturated heterocycles. The molecule has 0 aliphatic rings. The largest absolute Gasteiger partial charge is 0.327 e. The number of halogens is 4. The number of quaternary nitrogens is 1. The second kappa shape index (κ2) is 9.23. The van der Waals surface area contributed by atoms with Crippen LogP contribution in [-0.2, 0) is 20.1 Å². The Balaban J connectivity index is 2.98. The SMILES string of the molecule is C[N+](C)(CCCS(=O)(=O)O)CCNS(=O)(=O)c1c(F)c(F)c(N=[N+]=[N-])c(F)c1F. The van der Waals surface area contributed by atoms with Crippen LogP contribution in [0.25, 0.3) is 10.4 Å². The molecule has 2 N–H and O–H groups in total. The molecule has 1 aromatic rings. The first-order chi connectivity index (χ1) is 13.1. The molecule has 0 spiro atoms. The summed E-state index contributed by atoms with van der Waals surface area (Å²) in [6, 6.07) is 0. The Morgan fingerprint density at radius 3 is 2.00 bits per heavy atom. The van der Waals surface area contributed by atoms with Crippen molar-refractivity contribution in [3.05, 3.63) is 33.7 Å². The smallest absolute Gasteiger partial charge is 0.265 e. The highest BCUT2D eigenvalue weighted by Gasteiger charge is 2.33. The Labute approximate surface area is 164 Å². The minimum absolute atomic E-state index is 0.00964. The van der Waals surface area contributed by atoms with Crippen molar-refractivity contribution in [2.24, 2.45) is 5.11 Å². The van der Waals surface area contributed by atoms with E-state index in [1.165, 1.54) is 0 Å². The normalized spacial score (nSPS) is 12.7. The molecule has 0 saturated carbocycles. The van der Waals surface area contributed by atoms with Crippen molar-refractivity contribution in [3.8, 4) is 0 Å². The number of likely N-dealkylation sites (N-methyl/N-ethyl adjacent to an activating group) is 1. The maximum atomic E-state index is 14.0. The summed E-state index contributed by atoms with van der Waals surface area (Å²) in [5.41, 5.74) is 6.54. The van der Waals surface area contributed by atoms with Gasteiger partial charge in [-0.25, -0.2) is 30.7 Å². The second-order valence-electron chi connectivity index (χ2n) is 6.54. The van der Waals surface area contributed by atoms with Crippen LogP contribution in [0, 0.1) is 23.3 Å². The van der Waals surface area contributed by atoms with Crippen molar-refractivity contribution in [3.63, 3.8) is 0 Å². The molecule has 0 aromatic heterocycles. The first-order valence-corrected chi connectivity index (χ1v) is 10.9. The van der Waals surface area contributed by atoms with Gasteiger partial charge in [0.05, 0.1) is 39.5 Å². The highest BCUT2D eigenvalue weighted by Crippen LogP contribution is 2.32. The van der Waals surface area contributed by atoms with Crippen LogP contribution in [0.1, 0.15) is 6.42 Å². The van der Waals surface area contributed by atoms with E-state index in [2.05, 4.69) is 5.11 Å². The number of azide groups is 1. The zero-order valence-electron chi connectivity index (χ0n) is 15.2. The van der Waals surface area contributed by atoms with E-state index in [9.17, 15) is 34.4 Å². The van der Waals surface area contributed by atoms with E-state index in [0.717, 1.165) is 0 Å². The summed E-state index contributed by atoms with van der Waals surface area (Å²) in [6.45, 7) is -0.203. The Hall–Kier alpha value is -1.97. The van der Waals surface area contributed by atoms with Crippen molar-refractivity contribution in [2.75, 3.05) is 39.5 Å². The van der Waals surface area contributed by atoms with Crippen LogP contribution < -0.4 is 4.72 Å². The predicted molar refractivity (Wildman–Crippen MR) is 93.1 cm³/mol. The molecule has 1 rings (SSSR count). The molecule has 0 heterocycles. The number of nitrogens with zero attached hydrogens (tertiary/aromatic N) is 4. The Bertz CT molecular complexity index is 1010. The number of hydrogen-bond acceptors (Lipinski definition) is 5. The zero-order valence-corrected chi connectivity index (χ0v) is 16.9. The molecule has 164 valence electrons. The first kappa shape index (κ1) is 25.1. The molecule has 0 aliphatic heterocycles. The van der Waals surface area contributed by atoms with Crippen molar-refractivity contribution in [2.45, 2.75) is 11.3 Å². The molecule has 10 nitrogen and oxygen atoms in total. The van der Waals surface area contributed by atoms with Gasteiger partial charge in [0.2, 0.25) is 10.0 Å². The van der Waals surface area contributed by atoms with Crippen LogP contribution in [0.2, 0.25) is 0 Å². The van der Waals surface area contributed by atoms with E-state index < -0.39 is 66.3 Å². The van der Waals surface area contributed by atoms with Gasteiger partial charge >= 0.3 is 0 Å². The van der Waals surface area contributed by atoms with Gasteiger partial charge in [0.15, 0.2) is 28.2 Å². The summed E-state index contributed by atoms with van der Waals surface area (Å²) in [7, 11) is -6.00. The van der Waals surface area contributed by atoms with E-state index in [-0.39, 0.29) is 24.0 Å². The third kappa shape index (κ3) is 6.80. The molecule has 0 radical (unpaired) electrons. The molecule has 0 fully saturated rings. The average molecular weight is 464 g/mol. The zero-order chi connectivity index (χ0) is 22.6. The van der Waals surface area contributed by atoms with Crippen LogP contribution in [0.5, 0.6) is 0 Å². The minimum Gasteiger partial charge on any atom is -0.327 e. The van der Waals surface area contributed by atoms with Gasteiger partial charge in [-0.1, -0.05) is 5.11 Å². The summed E-state index contributed by atoms with van der Waals surface area (Å²) >= 11 is 0. The lowest BCUT2D eigenvalue weighted by atomic mass is 10.2. The van der Waals surface area contributed by atoms with Crippen molar-refractivity contribution >= 4 is 25.8 Å². The number of hydrogen-bond donors (Lipinski definition) is 2. The molecule has 16 heteroatoms. The number of rotatable bonds is 10. The van der Waals surface area contributed by atoms with E-state index in [0.29, 0.717) is 0 Å². The highest BCUT2D eigenvalue weighted by atomic mass is 32.2. The van der Waals surface area contributed by atoms with Crippen molar-refractivity contribution in [1.29, 1.82) is 0 Å². The predicted octanol–water partition coefficient (Wildman–Crippen LogP) is 1.82. The van der Waals surface area contributed by atoms with E-state index >= 15 is 0 Å². The van der Waals surface area contributed by atoms with E-state index in [1.807, 2.05) is 4.91 Å². The van der Waals surface area contributed by atoms with E-state index in [1.54, 1.807) is 18.8 Å². The lowest BCUT2D eigenvalue weighted by Crippen LogP contribution is -2.46. The topological polar surface area (TPSA) is 149 Å².